The van der Waals surface area contributed by atoms with Crippen LogP contribution in [0.1, 0.15) is 0 Å². The zero-order chi connectivity index (χ0) is 42.2. The monoisotopic (exact) mass is 855 g/mol. The van der Waals surface area contributed by atoms with E-state index in [1.54, 1.807) is 0 Å². The van der Waals surface area contributed by atoms with Crippen molar-refractivity contribution in [3.8, 4) is 5.75 Å². The minimum atomic E-state index is -1.59. The highest BCUT2D eigenvalue weighted by Gasteiger charge is 2.47. The molecule has 4 fully saturated rings. The van der Waals surface area contributed by atoms with Crippen LogP contribution in [0.3, 0.4) is 0 Å². The van der Waals surface area contributed by atoms with Gasteiger partial charge in [0.25, 0.3) is 5.69 Å². The largest absolute Gasteiger partial charge is 0.462 e. The second-order valence-corrected chi connectivity index (χ2v) is 15.6. The van der Waals surface area contributed by atoms with Crippen LogP contribution in [0.15, 0.2) is 24.3 Å². The molecule has 20 atom stereocenters. The first-order valence-corrected chi connectivity index (χ1v) is 18.7. The van der Waals surface area contributed by atoms with Crippen LogP contribution in [0.4, 0.5) is 5.69 Å². The molecule has 324 valence electrons. The molecule has 4 saturated heterocycles. The normalized spacial score (nSPS) is 44.0. The van der Waals surface area contributed by atoms with Gasteiger partial charge in [-0.3, -0.25) is 10.1 Å². The summed E-state index contributed by atoms with van der Waals surface area (Å²) >= 11 is 1.63. The molecule has 4 heterocycles. The summed E-state index contributed by atoms with van der Waals surface area (Å²) in [5.41, 5.74) is -2.60. The zero-order valence-corrected chi connectivity index (χ0v) is 30.6. The van der Waals surface area contributed by atoms with Crippen LogP contribution < -0.4 is 4.74 Å². The minimum absolute atomic E-state index is 0.129. The molecule has 24 nitrogen and oxygen atoms in total. The van der Waals surface area contributed by atoms with Gasteiger partial charge in [-0.05, 0) is 12.1 Å². The van der Waals surface area contributed by atoms with E-state index in [2.05, 4.69) is 0 Å². The van der Waals surface area contributed by atoms with Crippen molar-refractivity contribution in [2.24, 2.45) is 0 Å². The van der Waals surface area contributed by atoms with Crippen LogP contribution in [0.25, 0.3) is 0 Å². The molecular weight excluding hydrogens is 806 g/mol. The number of nitro groups is 1. The highest BCUT2D eigenvalue weighted by atomic mass is 32.2. The Balaban J connectivity index is 0.000000236. The van der Waals surface area contributed by atoms with Gasteiger partial charge in [-0.15, -0.1) is 23.5 Å². The number of thioether (sulfide) groups is 2. The van der Waals surface area contributed by atoms with E-state index in [1.807, 2.05) is 0 Å². The fraction of sp³-hybridized carbons (Fsp3) is 0.800. The summed E-state index contributed by atoms with van der Waals surface area (Å²) in [5.74, 6) is 0.171. The first-order chi connectivity index (χ1) is 26.3. The number of hydrogen-bond donors (Lipinski definition) is 17. The Morgan fingerprint density at radius 3 is 1.39 bits per heavy atom. The van der Waals surface area contributed by atoms with Crippen molar-refractivity contribution in [1.82, 2.24) is 0 Å². The van der Waals surface area contributed by atoms with E-state index in [4.69, 9.17) is 49.6 Å². The Morgan fingerprint density at radius 1 is 0.536 bits per heavy atom. The number of non-ortho nitro benzene ring substituents is 1. The first-order valence-electron chi connectivity index (χ1n) is 16.8. The van der Waals surface area contributed by atoms with Gasteiger partial charge in [-0.2, -0.15) is 0 Å². The Hall–Kier alpha value is -1.68. The number of ether oxygens (including phenoxy) is 4. The van der Waals surface area contributed by atoms with Gasteiger partial charge in [0.1, 0.15) is 89.9 Å². The first kappa shape index (κ1) is 48.7. The van der Waals surface area contributed by atoms with E-state index in [9.17, 15) is 66.3 Å². The van der Waals surface area contributed by atoms with Crippen LogP contribution in [-0.2, 0) is 14.2 Å². The molecule has 0 spiro atoms. The van der Waals surface area contributed by atoms with Gasteiger partial charge in [-0.1, -0.05) is 0 Å². The predicted octanol–water partition coefficient (Wildman–Crippen LogP) is -8.41. The van der Waals surface area contributed by atoms with Gasteiger partial charge in [0.2, 0.25) is 6.29 Å². The SMILES string of the molecule is O=[N+]([O-])c1ccc(O[C@@H]2OC(CO)[C@H](O)C(O)C2O)cc1.OCC1O[C@@H](OCC2S[C@H](O)C(O)[C@@H](O)[C@@H]2O)C(O)C(O)[C@H]1O.OCC1S[C@H](O)C(O)C(O)[C@@H]1O. The van der Waals surface area contributed by atoms with E-state index >= 15 is 0 Å². The molecule has 0 saturated carbocycles. The molecule has 17 N–H and O–H groups in total. The Morgan fingerprint density at radius 2 is 0.946 bits per heavy atom. The second kappa shape index (κ2) is 22.1. The van der Waals surface area contributed by atoms with Gasteiger partial charge >= 0.3 is 0 Å². The molecule has 0 amide bonds. The second-order valence-electron chi connectivity index (χ2n) is 12.9. The van der Waals surface area contributed by atoms with E-state index in [0.29, 0.717) is 0 Å². The summed E-state index contributed by atoms with van der Waals surface area (Å²) in [4.78, 5) is 9.95. The number of aliphatic hydroxyl groups excluding tert-OH is 17. The maximum atomic E-state index is 10.5. The van der Waals surface area contributed by atoms with Gasteiger partial charge in [-0.25, -0.2) is 0 Å². The number of benzene rings is 1. The molecule has 56 heavy (non-hydrogen) atoms. The lowest BCUT2D eigenvalue weighted by atomic mass is 9.99. The third-order valence-corrected chi connectivity index (χ3v) is 11.6. The van der Waals surface area contributed by atoms with Gasteiger partial charge in [0.05, 0.1) is 54.1 Å². The highest BCUT2D eigenvalue weighted by Crippen LogP contribution is 2.33. The van der Waals surface area contributed by atoms with Gasteiger partial charge < -0.3 is 106 Å². The van der Waals surface area contributed by atoms with Crippen molar-refractivity contribution in [1.29, 1.82) is 0 Å². The molecule has 0 aliphatic carbocycles. The molecule has 5 rings (SSSR count). The van der Waals surface area contributed by atoms with Crippen molar-refractivity contribution in [3.63, 3.8) is 0 Å². The fourth-order valence-corrected chi connectivity index (χ4v) is 7.74. The average Bonchev–Trinajstić information content (AvgIpc) is 3.19. The van der Waals surface area contributed by atoms with Crippen LogP contribution in [0, 0.1) is 10.1 Å². The third kappa shape index (κ3) is 12.0. The maximum Gasteiger partial charge on any atom is 0.269 e. The summed E-state index contributed by atoms with van der Waals surface area (Å²) < 4.78 is 20.8. The number of aliphatic hydroxyl groups is 17. The van der Waals surface area contributed by atoms with Crippen LogP contribution in [0.5, 0.6) is 5.75 Å². The molecule has 26 heteroatoms. The van der Waals surface area contributed by atoms with Gasteiger partial charge in [0.15, 0.2) is 6.29 Å². The molecule has 4 aliphatic heterocycles. The zero-order valence-electron chi connectivity index (χ0n) is 29.0. The van der Waals surface area contributed by atoms with E-state index in [0.717, 1.165) is 23.5 Å². The molecule has 4 aliphatic rings. The third-order valence-electron chi connectivity index (χ3n) is 8.98. The minimum Gasteiger partial charge on any atom is -0.462 e. The summed E-state index contributed by atoms with van der Waals surface area (Å²) in [6.07, 6.45) is -22.5. The Labute approximate surface area is 325 Å². The average molecular weight is 856 g/mol. The summed E-state index contributed by atoms with van der Waals surface area (Å²) in [5, 5.41) is 169. The van der Waals surface area contributed by atoms with Crippen LogP contribution >= 0.6 is 23.5 Å². The number of rotatable bonds is 9. The highest BCUT2D eigenvalue weighted by molar-refractivity contribution is 8.00. The van der Waals surface area contributed by atoms with Crippen molar-refractivity contribution in [3.05, 3.63) is 34.4 Å². The molecule has 11 unspecified atom stereocenters. The quantitative estimate of drug-likeness (QED) is 0.0810. The summed E-state index contributed by atoms with van der Waals surface area (Å²) in [6.45, 7) is -1.79. The summed E-state index contributed by atoms with van der Waals surface area (Å²) in [6, 6.07) is 5.03. The number of hydrogen-bond acceptors (Lipinski definition) is 25. The van der Waals surface area contributed by atoms with E-state index < -0.39 is 138 Å². The lowest BCUT2D eigenvalue weighted by Crippen LogP contribution is -2.60. The summed E-state index contributed by atoms with van der Waals surface area (Å²) in [7, 11) is 0. The van der Waals surface area contributed by atoms with Gasteiger partial charge in [0, 0.05) is 12.1 Å². The van der Waals surface area contributed by atoms with Crippen molar-refractivity contribution in [2.45, 2.75) is 119 Å². The smallest absolute Gasteiger partial charge is 0.269 e. The number of nitro benzene ring substituents is 1. The maximum absolute atomic E-state index is 10.5. The van der Waals surface area contributed by atoms with Crippen molar-refractivity contribution < 1.29 is 111 Å². The topological polar surface area (TPSA) is 424 Å². The Kier molecular flexibility index (Phi) is 19.2. The number of nitrogens with zero attached hydrogens (tertiary/aromatic N) is 1. The lowest BCUT2D eigenvalue weighted by molar-refractivity contribution is -0.384. The molecule has 1 aromatic rings. The van der Waals surface area contributed by atoms with Crippen molar-refractivity contribution >= 4 is 29.2 Å². The fourth-order valence-electron chi connectivity index (χ4n) is 5.49. The molecule has 0 aromatic heterocycles. The van der Waals surface area contributed by atoms with Crippen LogP contribution in [0.2, 0.25) is 0 Å². The predicted molar refractivity (Wildman–Crippen MR) is 185 cm³/mol. The molecular formula is C30H49NO23S2. The van der Waals surface area contributed by atoms with E-state index in [1.165, 1.54) is 24.3 Å². The van der Waals surface area contributed by atoms with Crippen molar-refractivity contribution in [2.75, 3.05) is 26.4 Å². The molecule has 0 bridgehead atoms. The molecule has 1 aromatic carbocycles. The molecule has 0 radical (unpaired) electrons. The van der Waals surface area contributed by atoms with E-state index in [-0.39, 0.29) is 24.7 Å². The Bertz CT molecular complexity index is 1320. The standard InChI is InChI=1S/C12H15NO8.C12H22O10S.C6H12O5S/c14-5-8-9(15)10(16)11(17)12(21-8)20-7-3-1-6(2-4-7)13(18)19;13-1-3-5(14)7(16)10(19)12(22-3)21-2-4-6(15)8(17)9(18)11(20)23-4;7-1-2-3(8)4(9)5(10)6(11)12-2/h1-4,8-12,14-17H,5H2;3-20H,1-2H2;2-11H,1H2/t8?,9-,10?,11?,12+;3?,4?,5-,6+,7?,8-,9?,10?,11-,12+;2?,3-,4?,5?,6+/m001/s1. The lowest BCUT2D eigenvalue weighted by Gasteiger charge is -2.41. The van der Waals surface area contributed by atoms with Crippen LogP contribution in [-0.4, -0.2) is 238 Å².